The van der Waals surface area contributed by atoms with E-state index >= 15 is 0 Å². The Balaban J connectivity index is 2.37. The van der Waals surface area contributed by atoms with Crippen LogP contribution in [0.3, 0.4) is 0 Å². The van der Waals surface area contributed by atoms with Crippen molar-refractivity contribution in [2.24, 2.45) is 5.73 Å². The van der Waals surface area contributed by atoms with Gasteiger partial charge in [0.1, 0.15) is 12.6 Å². The summed E-state index contributed by atoms with van der Waals surface area (Å²) in [6, 6.07) is -1.54. The van der Waals surface area contributed by atoms with Gasteiger partial charge in [-0.3, -0.25) is 23.4 Å². The van der Waals surface area contributed by atoms with E-state index in [1.165, 1.54) is 44.9 Å². The number of ether oxygens (including phenoxy) is 3. The molecule has 0 spiro atoms. The maximum Gasteiger partial charge on any atom is 0.472 e. The number of carboxylic acids is 1. The molecule has 12 nitrogen and oxygen atoms in total. The van der Waals surface area contributed by atoms with Crippen LogP contribution in [0.25, 0.3) is 0 Å². The van der Waals surface area contributed by atoms with Gasteiger partial charge >= 0.3 is 25.7 Å². The molecule has 0 aromatic heterocycles. The molecule has 4 N–H and O–H groups in total. The minimum atomic E-state index is -4.74. The minimum Gasteiger partial charge on any atom is -0.480 e. The zero-order valence-electron chi connectivity index (χ0n) is 34.6. The van der Waals surface area contributed by atoms with Crippen molar-refractivity contribution in [3.8, 4) is 0 Å². The first kappa shape index (κ1) is 51.9. The zero-order chi connectivity index (χ0) is 41.8. The molecular formula is C44H72NO11P. The Morgan fingerprint density at radius 3 is 1.75 bits per heavy atom. The number of epoxide rings is 1. The van der Waals surface area contributed by atoms with E-state index in [1.807, 2.05) is 12.2 Å². The van der Waals surface area contributed by atoms with Gasteiger partial charge in [-0.1, -0.05) is 119 Å². The second kappa shape index (κ2) is 34.9. The van der Waals surface area contributed by atoms with Crippen molar-refractivity contribution < 1.29 is 52.2 Å². The van der Waals surface area contributed by atoms with Gasteiger partial charge in [-0.15, -0.1) is 0 Å². The smallest absolute Gasteiger partial charge is 0.472 e. The van der Waals surface area contributed by atoms with Crippen LogP contribution in [0.2, 0.25) is 0 Å². The van der Waals surface area contributed by atoms with Crippen molar-refractivity contribution >= 4 is 25.7 Å². The minimum absolute atomic E-state index is 0.0945. The summed E-state index contributed by atoms with van der Waals surface area (Å²) in [5, 5.41) is 8.88. The Kier molecular flexibility index (Phi) is 31.8. The first-order chi connectivity index (χ1) is 27.6. The highest BCUT2D eigenvalue weighted by molar-refractivity contribution is 7.47. The molecule has 1 rings (SSSR count). The van der Waals surface area contributed by atoms with Gasteiger partial charge in [-0.25, -0.2) is 4.57 Å². The Morgan fingerprint density at radius 1 is 0.649 bits per heavy atom. The van der Waals surface area contributed by atoms with Gasteiger partial charge in [0.25, 0.3) is 0 Å². The Morgan fingerprint density at radius 2 is 1.16 bits per heavy atom. The van der Waals surface area contributed by atoms with Crippen LogP contribution in [0.1, 0.15) is 142 Å². The molecule has 1 saturated heterocycles. The highest BCUT2D eigenvalue weighted by atomic mass is 31.2. The Bertz CT molecular complexity index is 1310. The summed E-state index contributed by atoms with van der Waals surface area (Å²) in [6.45, 7) is 2.62. The lowest BCUT2D eigenvalue weighted by atomic mass is 10.1. The van der Waals surface area contributed by atoms with Crippen LogP contribution in [-0.4, -0.2) is 72.1 Å². The van der Waals surface area contributed by atoms with Crippen molar-refractivity contribution in [1.29, 1.82) is 0 Å². The quantitative estimate of drug-likeness (QED) is 0.0177. The molecule has 0 aromatic rings. The molecule has 1 heterocycles. The van der Waals surface area contributed by atoms with Crippen LogP contribution >= 0.6 is 7.82 Å². The van der Waals surface area contributed by atoms with Crippen molar-refractivity contribution in [3.63, 3.8) is 0 Å². The number of carbonyl (C=O) groups is 3. The molecule has 57 heavy (non-hydrogen) atoms. The van der Waals surface area contributed by atoms with Gasteiger partial charge in [0.2, 0.25) is 0 Å². The molecule has 0 radical (unpaired) electrons. The van der Waals surface area contributed by atoms with Crippen LogP contribution in [0.4, 0.5) is 0 Å². The first-order valence-electron chi connectivity index (χ1n) is 21.1. The van der Waals surface area contributed by atoms with E-state index in [4.69, 9.17) is 29.6 Å². The second-order valence-corrected chi connectivity index (χ2v) is 15.6. The standard InChI is InChI=1S/C44H72NO11P/c1-3-5-7-8-9-10-11-12-13-14-15-20-23-26-30-34-43(47)55-38(36-53-57(50,51)54-37-39(45)44(48)49)35-52-42(46)33-29-25-22-19-17-16-18-21-24-28-32-41-40(56-41)31-27-6-4-2/h9-10,12-13,15-16,18-20,22,24,28,38-41H,3-8,11,14,17,21,23,25-27,29-37,45H2,1-2H3,(H,48,49)(H,50,51)/b10-9-,13-12-,18-16-,20-15-,22-19-,28-24-/t38-,39+,40?,41?/m1/s1. The highest BCUT2D eigenvalue weighted by Gasteiger charge is 2.36. The third-order valence-corrected chi connectivity index (χ3v) is 9.80. The largest absolute Gasteiger partial charge is 0.480 e. The van der Waals surface area contributed by atoms with Crippen molar-refractivity contribution in [1.82, 2.24) is 0 Å². The summed E-state index contributed by atoms with van der Waals surface area (Å²) < 4.78 is 38.3. The average molecular weight is 822 g/mol. The summed E-state index contributed by atoms with van der Waals surface area (Å²) >= 11 is 0. The molecular weight excluding hydrogens is 749 g/mol. The van der Waals surface area contributed by atoms with E-state index in [2.05, 4.69) is 79.1 Å². The number of unbranched alkanes of at least 4 members (excludes halogenated alkanes) is 8. The fraction of sp³-hybridized carbons (Fsp3) is 0.659. The summed E-state index contributed by atoms with van der Waals surface area (Å²) in [7, 11) is -4.74. The topological polar surface area (TPSA) is 184 Å². The lowest BCUT2D eigenvalue weighted by molar-refractivity contribution is -0.161. The third kappa shape index (κ3) is 32.5. The van der Waals surface area contributed by atoms with Gasteiger partial charge < -0.3 is 29.9 Å². The SMILES string of the molecule is CCCCC/C=C\C/C=C\C/C=C\CCCCC(=O)O[C@H](COC(=O)CCC/C=C\C/C=C\C/C=C\CC1OC1CCCCC)COP(=O)(O)OC[C@H](N)C(=O)O. The van der Waals surface area contributed by atoms with Crippen LogP contribution in [-0.2, 0) is 42.2 Å². The highest BCUT2D eigenvalue weighted by Crippen LogP contribution is 2.43. The fourth-order valence-electron chi connectivity index (χ4n) is 5.39. The van der Waals surface area contributed by atoms with Crippen molar-refractivity contribution in [3.05, 3.63) is 72.9 Å². The van der Waals surface area contributed by atoms with Gasteiger partial charge in [0.15, 0.2) is 6.10 Å². The lowest BCUT2D eigenvalue weighted by Crippen LogP contribution is -2.34. The van der Waals surface area contributed by atoms with Gasteiger partial charge in [-0.2, -0.15) is 0 Å². The third-order valence-electron chi connectivity index (χ3n) is 8.85. The van der Waals surface area contributed by atoms with Crippen LogP contribution in [0, 0.1) is 0 Å². The van der Waals surface area contributed by atoms with E-state index in [9.17, 15) is 23.8 Å². The molecule has 0 amide bonds. The van der Waals surface area contributed by atoms with E-state index in [-0.39, 0.29) is 12.8 Å². The van der Waals surface area contributed by atoms with E-state index in [0.29, 0.717) is 31.5 Å². The number of aliphatic carboxylic acids is 1. The van der Waals surface area contributed by atoms with E-state index < -0.39 is 57.7 Å². The molecule has 5 atom stereocenters. The fourth-order valence-corrected chi connectivity index (χ4v) is 6.17. The molecule has 3 unspecified atom stereocenters. The number of carbonyl (C=O) groups excluding carboxylic acids is 2. The molecule has 324 valence electrons. The van der Waals surface area contributed by atoms with Crippen molar-refractivity contribution in [2.75, 3.05) is 19.8 Å². The molecule has 13 heteroatoms. The van der Waals surface area contributed by atoms with Crippen molar-refractivity contribution in [2.45, 2.75) is 167 Å². The number of rotatable bonds is 37. The maximum absolute atomic E-state index is 12.6. The predicted molar refractivity (Wildman–Crippen MR) is 225 cm³/mol. The summed E-state index contributed by atoms with van der Waals surface area (Å²) in [6.07, 6.45) is 43.0. The molecule has 1 fully saturated rings. The normalized spacial score (nSPS) is 18.0. The Labute approximate surface area is 342 Å². The van der Waals surface area contributed by atoms with E-state index in [0.717, 1.165) is 51.4 Å². The molecule has 0 saturated carbocycles. The summed E-state index contributed by atoms with van der Waals surface area (Å²) in [5.74, 6) is -2.52. The predicted octanol–water partition coefficient (Wildman–Crippen LogP) is 9.93. The molecule has 0 aliphatic carbocycles. The van der Waals surface area contributed by atoms with Gasteiger partial charge in [-0.05, 0) is 83.5 Å². The maximum atomic E-state index is 12.6. The number of phosphoric ester groups is 1. The summed E-state index contributed by atoms with van der Waals surface area (Å²) in [4.78, 5) is 45.9. The molecule has 1 aliphatic heterocycles. The number of nitrogens with two attached hydrogens (primary N) is 1. The number of esters is 2. The monoisotopic (exact) mass is 821 g/mol. The number of hydrogen-bond acceptors (Lipinski definition) is 10. The number of carboxylic acid groups (broad SMARTS) is 1. The average Bonchev–Trinajstić information content (AvgIpc) is 3.94. The van der Waals surface area contributed by atoms with Gasteiger partial charge in [0.05, 0.1) is 25.4 Å². The first-order valence-corrected chi connectivity index (χ1v) is 22.6. The summed E-state index contributed by atoms with van der Waals surface area (Å²) in [5.41, 5.74) is 5.32. The van der Waals surface area contributed by atoms with Crippen LogP contribution < -0.4 is 5.73 Å². The molecule has 0 bridgehead atoms. The van der Waals surface area contributed by atoms with Crippen LogP contribution in [0.5, 0.6) is 0 Å². The lowest BCUT2D eigenvalue weighted by Gasteiger charge is -2.20. The molecule has 1 aliphatic rings. The van der Waals surface area contributed by atoms with Gasteiger partial charge in [0, 0.05) is 12.8 Å². The number of phosphoric acid groups is 1. The number of allylic oxidation sites excluding steroid dienone is 11. The van der Waals surface area contributed by atoms with E-state index in [1.54, 1.807) is 0 Å². The number of hydrogen-bond donors (Lipinski definition) is 3. The zero-order valence-corrected chi connectivity index (χ0v) is 35.5. The van der Waals surface area contributed by atoms with Crippen LogP contribution in [0.15, 0.2) is 72.9 Å². The Hall–Kier alpha value is -3.12. The molecule has 0 aromatic carbocycles. The second-order valence-electron chi connectivity index (χ2n) is 14.1.